The molecule has 1 saturated heterocycles. The van der Waals surface area contributed by atoms with E-state index in [0.717, 1.165) is 24.3 Å². The second-order valence-corrected chi connectivity index (χ2v) is 5.46. The van der Waals surface area contributed by atoms with Crippen LogP contribution < -0.4 is 5.32 Å². The SMILES string of the molecule is CCN=C(NC1CC1C)N1CCCC(C)C1.I. The summed E-state index contributed by atoms with van der Waals surface area (Å²) in [5.74, 6) is 2.81. The van der Waals surface area contributed by atoms with Gasteiger partial charge in [-0.1, -0.05) is 13.8 Å². The summed E-state index contributed by atoms with van der Waals surface area (Å²) in [5.41, 5.74) is 0. The highest BCUT2D eigenvalue weighted by Gasteiger charge is 2.34. The van der Waals surface area contributed by atoms with Crippen molar-refractivity contribution in [3.8, 4) is 0 Å². The summed E-state index contributed by atoms with van der Waals surface area (Å²) in [7, 11) is 0. The summed E-state index contributed by atoms with van der Waals surface area (Å²) < 4.78 is 0. The van der Waals surface area contributed by atoms with E-state index in [1.54, 1.807) is 0 Å². The Labute approximate surface area is 122 Å². The molecule has 2 aliphatic rings. The minimum absolute atomic E-state index is 0. The Kier molecular flexibility index (Phi) is 6.03. The monoisotopic (exact) mass is 351 g/mol. The zero-order chi connectivity index (χ0) is 11.5. The molecule has 1 heterocycles. The first-order valence-corrected chi connectivity index (χ1v) is 6.76. The number of likely N-dealkylation sites (tertiary alicyclic amines) is 1. The highest BCUT2D eigenvalue weighted by atomic mass is 127. The van der Waals surface area contributed by atoms with E-state index in [4.69, 9.17) is 0 Å². The quantitative estimate of drug-likeness (QED) is 0.471. The Morgan fingerprint density at radius 2 is 2.12 bits per heavy atom. The molecule has 1 saturated carbocycles. The third-order valence-corrected chi connectivity index (χ3v) is 3.69. The van der Waals surface area contributed by atoms with Crippen molar-refractivity contribution in [3.05, 3.63) is 0 Å². The van der Waals surface area contributed by atoms with Crippen molar-refractivity contribution in [1.82, 2.24) is 10.2 Å². The standard InChI is InChI=1S/C13H25N3.HI/c1-4-14-13(15-12-8-11(12)3)16-7-5-6-10(2)9-16;/h10-12H,4-9H2,1-3H3,(H,14,15);1H. The fraction of sp³-hybridized carbons (Fsp3) is 0.923. The summed E-state index contributed by atoms with van der Waals surface area (Å²) in [6.45, 7) is 10.00. The lowest BCUT2D eigenvalue weighted by Crippen LogP contribution is -2.47. The predicted molar refractivity (Wildman–Crippen MR) is 84.1 cm³/mol. The summed E-state index contributed by atoms with van der Waals surface area (Å²) in [6.07, 6.45) is 3.99. The number of halogens is 1. The lowest BCUT2D eigenvalue weighted by molar-refractivity contribution is 0.265. The molecule has 0 aromatic carbocycles. The molecule has 2 rings (SSSR count). The van der Waals surface area contributed by atoms with Crippen molar-refractivity contribution in [3.63, 3.8) is 0 Å². The molecule has 0 aromatic heterocycles. The third-order valence-electron chi connectivity index (χ3n) is 3.69. The van der Waals surface area contributed by atoms with Crippen molar-refractivity contribution in [2.75, 3.05) is 19.6 Å². The van der Waals surface area contributed by atoms with Gasteiger partial charge in [0, 0.05) is 25.7 Å². The van der Waals surface area contributed by atoms with Gasteiger partial charge in [0.2, 0.25) is 0 Å². The lowest BCUT2D eigenvalue weighted by Gasteiger charge is -2.33. The molecule has 1 aliphatic heterocycles. The number of nitrogens with one attached hydrogen (secondary N) is 1. The van der Waals surface area contributed by atoms with Crippen LogP contribution in [-0.2, 0) is 0 Å². The molecule has 4 heteroatoms. The van der Waals surface area contributed by atoms with Crippen molar-refractivity contribution >= 4 is 29.9 Å². The fourth-order valence-corrected chi connectivity index (χ4v) is 2.46. The van der Waals surface area contributed by atoms with E-state index in [-0.39, 0.29) is 24.0 Å². The highest BCUT2D eigenvalue weighted by molar-refractivity contribution is 14.0. The molecule has 0 aromatic rings. The number of guanidine groups is 1. The van der Waals surface area contributed by atoms with Gasteiger partial charge in [0.25, 0.3) is 0 Å². The number of hydrogen-bond acceptors (Lipinski definition) is 1. The second-order valence-electron chi connectivity index (χ2n) is 5.46. The number of aliphatic imine (C=N–C) groups is 1. The predicted octanol–water partition coefficient (Wildman–Crippen LogP) is 2.71. The van der Waals surface area contributed by atoms with Gasteiger partial charge in [-0.3, -0.25) is 4.99 Å². The number of rotatable bonds is 2. The summed E-state index contributed by atoms with van der Waals surface area (Å²) in [4.78, 5) is 7.08. The van der Waals surface area contributed by atoms with Crippen LogP contribution >= 0.6 is 24.0 Å². The van der Waals surface area contributed by atoms with Gasteiger partial charge in [-0.15, -0.1) is 24.0 Å². The van der Waals surface area contributed by atoms with E-state index in [1.165, 1.54) is 32.4 Å². The van der Waals surface area contributed by atoms with Gasteiger partial charge >= 0.3 is 0 Å². The molecule has 1 N–H and O–H groups in total. The van der Waals surface area contributed by atoms with Gasteiger partial charge in [-0.25, -0.2) is 0 Å². The Bertz CT molecular complexity index is 267. The van der Waals surface area contributed by atoms with Gasteiger partial charge < -0.3 is 10.2 Å². The average molecular weight is 351 g/mol. The molecule has 0 bridgehead atoms. The fourth-order valence-electron chi connectivity index (χ4n) is 2.46. The molecule has 3 unspecified atom stereocenters. The maximum Gasteiger partial charge on any atom is 0.194 e. The topological polar surface area (TPSA) is 27.6 Å². The first kappa shape index (κ1) is 15.1. The maximum atomic E-state index is 4.63. The van der Waals surface area contributed by atoms with Gasteiger partial charge in [-0.05, 0) is 38.0 Å². The zero-order valence-electron chi connectivity index (χ0n) is 11.3. The van der Waals surface area contributed by atoms with E-state index < -0.39 is 0 Å². The van der Waals surface area contributed by atoms with E-state index in [0.29, 0.717) is 6.04 Å². The molecule has 100 valence electrons. The average Bonchev–Trinajstić information content (AvgIpc) is 2.94. The van der Waals surface area contributed by atoms with E-state index in [1.807, 2.05) is 0 Å². The first-order valence-electron chi connectivity index (χ1n) is 6.76. The van der Waals surface area contributed by atoms with Crippen LogP contribution in [0.2, 0.25) is 0 Å². The summed E-state index contributed by atoms with van der Waals surface area (Å²) in [5, 5.41) is 3.61. The molecule has 0 radical (unpaired) electrons. The van der Waals surface area contributed by atoms with E-state index >= 15 is 0 Å². The van der Waals surface area contributed by atoms with Gasteiger partial charge in [0.05, 0.1) is 0 Å². The normalized spacial score (nSPS) is 33.0. The molecule has 2 fully saturated rings. The Hall–Kier alpha value is 0. The minimum Gasteiger partial charge on any atom is -0.353 e. The molecular formula is C13H26IN3. The second kappa shape index (κ2) is 6.81. The summed E-state index contributed by atoms with van der Waals surface area (Å²) >= 11 is 0. The van der Waals surface area contributed by atoms with E-state index in [9.17, 15) is 0 Å². The molecule has 1 aliphatic carbocycles. The number of hydrogen-bond donors (Lipinski definition) is 1. The number of piperidine rings is 1. The Balaban J connectivity index is 0.00000144. The van der Waals surface area contributed by atoms with Crippen molar-refractivity contribution in [2.45, 2.75) is 46.1 Å². The van der Waals surface area contributed by atoms with Crippen molar-refractivity contribution < 1.29 is 0 Å². The third kappa shape index (κ3) is 4.30. The van der Waals surface area contributed by atoms with Gasteiger partial charge in [0.15, 0.2) is 5.96 Å². The number of nitrogens with zero attached hydrogens (tertiary/aromatic N) is 2. The zero-order valence-corrected chi connectivity index (χ0v) is 13.6. The van der Waals surface area contributed by atoms with Gasteiger partial charge in [0.1, 0.15) is 0 Å². The van der Waals surface area contributed by atoms with Crippen LogP contribution in [0.15, 0.2) is 4.99 Å². The Morgan fingerprint density at radius 3 is 2.65 bits per heavy atom. The van der Waals surface area contributed by atoms with Crippen LogP contribution in [0.1, 0.15) is 40.0 Å². The first-order chi connectivity index (χ1) is 7.70. The maximum absolute atomic E-state index is 4.63. The molecule has 17 heavy (non-hydrogen) atoms. The largest absolute Gasteiger partial charge is 0.353 e. The van der Waals surface area contributed by atoms with Crippen LogP contribution in [0.25, 0.3) is 0 Å². The van der Waals surface area contributed by atoms with Crippen molar-refractivity contribution in [1.29, 1.82) is 0 Å². The van der Waals surface area contributed by atoms with Crippen LogP contribution in [0.5, 0.6) is 0 Å². The highest BCUT2D eigenvalue weighted by Crippen LogP contribution is 2.29. The summed E-state index contributed by atoms with van der Waals surface area (Å²) in [6, 6.07) is 0.683. The van der Waals surface area contributed by atoms with E-state index in [2.05, 4.69) is 36.0 Å². The molecule has 0 amide bonds. The minimum atomic E-state index is 0. The van der Waals surface area contributed by atoms with Crippen LogP contribution in [0, 0.1) is 11.8 Å². The van der Waals surface area contributed by atoms with Crippen LogP contribution in [0.3, 0.4) is 0 Å². The molecule has 3 nitrogen and oxygen atoms in total. The van der Waals surface area contributed by atoms with Crippen LogP contribution in [-0.4, -0.2) is 36.5 Å². The van der Waals surface area contributed by atoms with Gasteiger partial charge in [-0.2, -0.15) is 0 Å². The van der Waals surface area contributed by atoms with Crippen LogP contribution in [0.4, 0.5) is 0 Å². The molecular weight excluding hydrogens is 325 g/mol. The lowest BCUT2D eigenvalue weighted by atomic mass is 10.0. The molecule has 3 atom stereocenters. The smallest absolute Gasteiger partial charge is 0.194 e. The Morgan fingerprint density at radius 1 is 1.41 bits per heavy atom. The van der Waals surface area contributed by atoms with Crippen molar-refractivity contribution in [2.24, 2.45) is 16.8 Å². The molecule has 0 spiro atoms.